The van der Waals surface area contributed by atoms with Gasteiger partial charge in [0, 0.05) is 36.1 Å². The summed E-state index contributed by atoms with van der Waals surface area (Å²) in [7, 11) is 0. The van der Waals surface area contributed by atoms with Gasteiger partial charge in [-0.05, 0) is 29.8 Å². The third-order valence-electron chi connectivity index (χ3n) is 4.68. The Morgan fingerprint density at radius 3 is 2.87 bits per heavy atom. The Kier molecular flexibility index (Phi) is 5.03. The molecule has 0 aliphatic heterocycles. The molecular formula is C21H19N9O. The smallest absolute Gasteiger partial charge is 0.221 e. The molecule has 5 rings (SSSR count). The first-order valence-corrected chi connectivity index (χ1v) is 9.76. The number of nitrogens with one attached hydrogen (secondary N) is 2. The number of aromatic nitrogens is 7. The van der Waals surface area contributed by atoms with Crippen molar-refractivity contribution in [2.75, 3.05) is 23.8 Å². The summed E-state index contributed by atoms with van der Waals surface area (Å²) in [5.41, 5.74) is 3.91. The van der Waals surface area contributed by atoms with Crippen molar-refractivity contribution >= 4 is 39.5 Å². The molecule has 0 saturated heterocycles. The van der Waals surface area contributed by atoms with Crippen molar-refractivity contribution in [2.24, 2.45) is 0 Å². The summed E-state index contributed by atoms with van der Waals surface area (Å²) >= 11 is 0. The lowest BCUT2D eigenvalue weighted by Gasteiger charge is -2.08. The molecule has 154 valence electrons. The zero-order valence-electron chi connectivity index (χ0n) is 16.5. The first kappa shape index (κ1) is 18.8. The predicted octanol–water partition coefficient (Wildman–Crippen LogP) is 2.36. The number of aliphatic hydroxyl groups excluding tert-OH is 1. The lowest BCUT2D eigenvalue weighted by atomic mass is 10.1. The Morgan fingerprint density at radius 2 is 1.94 bits per heavy atom. The molecule has 0 amide bonds. The van der Waals surface area contributed by atoms with E-state index in [9.17, 15) is 0 Å². The second kappa shape index (κ2) is 8.28. The normalized spacial score (nSPS) is 11.1. The van der Waals surface area contributed by atoms with E-state index in [1.807, 2.05) is 36.4 Å². The molecule has 5 aromatic rings. The van der Waals surface area contributed by atoms with Gasteiger partial charge in [-0.2, -0.15) is 0 Å². The Balaban J connectivity index is 1.40. The van der Waals surface area contributed by atoms with Gasteiger partial charge < -0.3 is 15.7 Å². The van der Waals surface area contributed by atoms with Crippen molar-refractivity contribution in [3.8, 4) is 0 Å². The molecule has 4 aromatic heterocycles. The number of aliphatic hydroxyl groups is 1. The average Bonchev–Trinajstić information content (AvgIpc) is 3.20. The summed E-state index contributed by atoms with van der Waals surface area (Å²) in [4.78, 5) is 17.6. The molecule has 4 heterocycles. The highest BCUT2D eigenvalue weighted by molar-refractivity contribution is 5.79. The van der Waals surface area contributed by atoms with Gasteiger partial charge in [0.05, 0.1) is 24.9 Å². The second-order valence-electron chi connectivity index (χ2n) is 6.89. The molecule has 0 fully saturated rings. The molecule has 1 aromatic carbocycles. The quantitative estimate of drug-likeness (QED) is 0.368. The fourth-order valence-electron chi connectivity index (χ4n) is 3.26. The van der Waals surface area contributed by atoms with Gasteiger partial charge in [-0.1, -0.05) is 17.3 Å². The van der Waals surface area contributed by atoms with Crippen LogP contribution in [0.4, 0.5) is 17.3 Å². The van der Waals surface area contributed by atoms with Crippen LogP contribution in [0, 0.1) is 0 Å². The maximum atomic E-state index is 8.97. The summed E-state index contributed by atoms with van der Waals surface area (Å²) in [6, 6.07) is 13.7. The molecule has 0 radical (unpaired) electrons. The van der Waals surface area contributed by atoms with E-state index >= 15 is 0 Å². The third-order valence-corrected chi connectivity index (χ3v) is 4.68. The predicted molar refractivity (Wildman–Crippen MR) is 117 cm³/mol. The SMILES string of the molecule is OCCNc1ccnc(Nc2cnc3nnn(Cc4ccc5ncccc5c4)c3n2)c1. The second-order valence-corrected chi connectivity index (χ2v) is 6.89. The van der Waals surface area contributed by atoms with E-state index in [1.165, 1.54) is 0 Å². The highest BCUT2D eigenvalue weighted by Gasteiger charge is 2.10. The third kappa shape index (κ3) is 4.09. The number of pyridine rings is 2. The van der Waals surface area contributed by atoms with Crippen LogP contribution in [-0.4, -0.2) is 53.2 Å². The highest BCUT2D eigenvalue weighted by atomic mass is 16.3. The molecule has 0 aliphatic rings. The fraction of sp³-hybridized carbons (Fsp3) is 0.143. The lowest BCUT2D eigenvalue weighted by Crippen LogP contribution is -2.06. The van der Waals surface area contributed by atoms with Crippen LogP contribution in [-0.2, 0) is 6.54 Å². The topological polar surface area (TPSA) is 127 Å². The first-order valence-electron chi connectivity index (χ1n) is 9.76. The number of fused-ring (bicyclic) bond motifs is 2. The Labute approximate surface area is 177 Å². The van der Waals surface area contributed by atoms with Crippen LogP contribution in [0.1, 0.15) is 5.56 Å². The Bertz CT molecular complexity index is 1350. The number of benzene rings is 1. The number of anilines is 3. The Morgan fingerprint density at radius 1 is 0.968 bits per heavy atom. The van der Waals surface area contributed by atoms with E-state index in [0.29, 0.717) is 36.0 Å². The molecule has 0 unspecified atom stereocenters. The van der Waals surface area contributed by atoms with E-state index in [-0.39, 0.29) is 6.61 Å². The van der Waals surface area contributed by atoms with Crippen molar-refractivity contribution in [3.63, 3.8) is 0 Å². The summed E-state index contributed by atoms with van der Waals surface area (Å²) in [6.45, 7) is 1.03. The minimum atomic E-state index is 0.0535. The standard InChI is InChI=1S/C21H19N9O/c31-9-8-22-16-5-7-24-18(11-16)26-19-12-25-20-21(27-19)30(29-28-20)13-14-3-4-17-15(10-14)2-1-6-23-17/h1-7,10-12,31H,8-9,13H2,(H2,22,24,26,27). The maximum absolute atomic E-state index is 8.97. The van der Waals surface area contributed by atoms with Crippen LogP contribution >= 0.6 is 0 Å². The molecule has 0 bridgehead atoms. The zero-order valence-corrected chi connectivity index (χ0v) is 16.5. The van der Waals surface area contributed by atoms with Gasteiger partial charge in [-0.25, -0.2) is 19.6 Å². The van der Waals surface area contributed by atoms with Crippen molar-refractivity contribution in [1.29, 1.82) is 0 Å². The van der Waals surface area contributed by atoms with Gasteiger partial charge in [0.1, 0.15) is 5.82 Å². The van der Waals surface area contributed by atoms with Crippen LogP contribution < -0.4 is 10.6 Å². The van der Waals surface area contributed by atoms with Crippen molar-refractivity contribution < 1.29 is 5.11 Å². The van der Waals surface area contributed by atoms with Crippen LogP contribution in [0.25, 0.3) is 22.2 Å². The van der Waals surface area contributed by atoms with Crippen LogP contribution in [0.2, 0.25) is 0 Å². The highest BCUT2D eigenvalue weighted by Crippen LogP contribution is 2.19. The molecule has 0 spiro atoms. The van der Waals surface area contributed by atoms with Gasteiger partial charge in [0.2, 0.25) is 5.65 Å². The number of rotatable bonds is 7. The minimum absolute atomic E-state index is 0.0535. The first-order chi connectivity index (χ1) is 15.3. The largest absolute Gasteiger partial charge is 0.395 e. The molecule has 0 atom stereocenters. The van der Waals surface area contributed by atoms with Crippen LogP contribution in [0.3, 0.4) is 0 Å². The molecule has 0 saturated carbocycles. The van der Waals surface area contributed by atoms with E-state index in [2.05, 4.69) is 46.9 Å². The minimum Gasteiger partial charge on any atom is -0.395 e. The van der Waals surface area contributed by atoms with Crippen molar-refractivity contribution in [3.05, 3.63) is 66.6 Å². The molecular weight excluding hydrogens is 394 g/mol. The molecule has 3 N–H and O–H groups in total. The molecule has 10 heteroatoms. The molecule has 0 aliphatic carbocycles. The van der Waals surface area contributed by atoms with Crippen LogP contribution in [0.5, 0.6) is 0 Å². The van der Waals surface area contributed by atoms with E-state index < -0.39 is 0 Å². The van der Waals surface area contributed by atoms with Crippen molar-refractivity contribution in [2.45, 2.75) is 6.54 Å². The van der Waals surface area contributed by atoms with Gasteiger partial charge in [0.25, 0.3) is 0 Å². The average molecular weight is 413 g/mol. The van der Waals surface area contributed by atoms with Gasteiger partial charge >= 0.3 is 0 Å². The molecule has 31 heavy (non-hydrogen) atoms. The number of hydrogen-bond acceptors (Lipinski definition) is 9. The lowest BCUT2D eigenvalue weighted by molar-refractivity contribution is 0.311. The summed E-state index contributed by atoms with van der Waals surface area (Å²) in [5, 5.41) is 24.6. The van der Waals surface area contributed by atoms with Crippen molar-refractivity contribution in [1.82, 2.24) is 34.9 Å². The van der Waals surface area contributed by atoms with E-state index in [1.54, 1.807) is 23.3 Å². The summed E-state index contributed by atoms with van der Waals surface area (Å²) < 4.78 is 1.72. The van der Waals surface area contributed by atoms with Crippen LogP contribution in [0.15, 0.2) is 61.1 Å². The van der Waals surface area contributed by atoms with Gasteiger partial charge in [0.15, 0.2) is 11.5 Å². The summed E-state index contributed by atoms with van der Waals surface area (Å²) in [6.07, 6.45) is 5.05. The van der Waals surface area contributed by atoms with E-state index in [0.717, 1.165) is 22.2 Å². The Hall–Kier alpha value is -4.18. The number of nitrogens with zero attached hydrogens (tertiary/aromatic N) is 7. The monoisotopic (exact) mass is 413 g/mol. The fourth-order valence-corrected chi connectivity index (χ4v) is 3.26. The maximum Gasteiger partial charge on any atom is 0.221 e. The van der Waals surface area contributed by atoms with Gasteiger partial charge in [-0.15, -0.1) is 5.10 Å². The number of hydrogen-bond donors (Lipinski definition) is 3. The molecule has 10 nitrogen and oxygen atoms in total. The zero-order chi connectivity index (χ0) is 21.0. The van der Waals surface area contributed by atoms with Gasteiger partial charge in [-0.3, -0.25) is 4.98 Å². The van der Waals surface area contributed by atoms with E-state index in [4.69, 9.17) is 5.11 Å². The summed E-state index contributed by atoms with van der Waals surface area (Å²) in [5.74, 6) is 1.14.